The van der Waals surface area contributed by atoms with Gasteiger partial charge in [-0.3, -0.25) is 19.2 Å². The SMILES string of the molecule is Cc1ccc(S(=O)(=O)N(CC(=O)N/N=C\c2ccccc2[N+](=O)[O-])c2ccc(C)cc2C)cc1. The number of anilines is 1. The summed E-state index contributed by atoms with van der Waals surface area (Å²) in [5.41, 5.74) is 5.20. The first-order valence-corrected chi connectivity index (χ1v) is 11.8. The van der Waals surface area contributed by atoms with E-state index >= 15 is 0 Å². The molecule has 0 aliphatic carbocycles. The Morgan fingerprint density at radius 3 is 2.32 bits per heavy atom. The molecule has 10 heteroatoms. The second kappa shape index (κ2) is 10.3. The molecule has 3 rings (SSSR count). The van der Waals surface area contributed by atoms with Gasteiger partial charge >= 0.3 is 0 Å². The third-order valence-corrected chi connectivity index (χ3v) is 6.82. The zero-order valence-corrected chi connectivity index (χ0v) is 19.7. The van der Waals surface area contributed by atoms with Crippen LogP contribution in [0.15, 0.2) is 76.7 Å². The Hall–Kier alpha value is -4.05. The number of carbonyl (C=O) groups is 1. The number of hydrogen-bond acceptors (Lipinski definition) is 6. The highest BCUT2D eigenvalue weighted by Gasteiger charge is 2.28. The molecule has 0 radical (unpaired) electrons. The molecule has 0 bridgehead atoms. The van der Waals surface area contributed by atoms with Crippen LogP contribution in [0.5, 0.6) is 0 Å². The fraction of sp³-hybridized carbons (Fsp3) is 0.167. The van der Waals surface area contributed by atoms with E-state index in [0.717, 1.165) is 21.6 Å². The van der Waals surface area contributed by atoms with E-state index in [4.69, 9.17) is 0 Å². The van der Waals surface area contributed by atoms with Crippen molar-refractivity contribution in [3.05, 3.63) is 99.1 Å². The minimum absolute atomic E-state index is 0.0503. The summed E-state index contributed by atoms with van der Waals surface area (Å²) >= 11 is 0. The summed E-state index contributed by atoms with van der Waals surface area (Å²) in [4.78, 5) is 23.3. The number of nitrogens with zero attached hydrogens (tertiary/aromatic N) is 3. The molecule has 0 fully saturated rings. The molecular weight excluding hydrogens is 456 g/mol. The molecular formula is C24H24N4O5S. The quantitative estimate of drug-likeness (QED) is 0.298. The minimum atomic E-state index is -4.07. The minimum Gasteiger partial charge on any atom is -0.271 e. The van der Waals surface area contributed by atoms with Crippen LogP contribution in [0.2, 0.25) is 0 Å². The zero-order valence-electron chi connectivity index (χ0n) is 18.9. The second-order valence-electron chi connectivity index (χ2n) is 7.72. The molecule has 0 heterocycles. The van der Waals surface area contributed by atoms with Gasteiger partial charge in [-0.05, 0) is 50.6 Å². The first-order chi connectivity index (χ1) is 16.1. The molecule has 9 nitrogen and oxygen atoms in total. The van der Waals surface area contributed by atoms with Crippen LogP contribution in [-0.4, -0.2) is 32.0 Å². The van der Waals surface area contributed by atoms with E-state index < -0.39 is 27.4 Å². The van der Waals surface area contributed by atoms with E-state index in [1.54, 1.807) is 37.3 Å². The number of hydrazone groups is 1. The molecule has 0 atom stereocenters. The summed E-state index contributed by atoms with van der Waals surface area (Å²) in [6, 6.07) is 17.5. The Morgan fingerprint density at radius 1 is 1.03 bits per heavy atom. The van der Waals surface area contributed by atoms with E-state index in [0.29, 0.717) is 11.3 Å². The molecule has 3 aromatic rings. The Balaban J connectivity index is 1.89. The number of nitro benzene ring substituents is 1. The third-order valence-electron chi connectivity index (χ3n) is 5.04. The van der Waals surface area contributed by atoms with E-state index in [-0.39, 0.29) is 16.1 Å². The number of nitro groups is 1. The molecule has 0 aromatic heterocycles. The highest BCUT2D eigenvalue weighted by molar-refractivity contribution is 7.92. The van der Waals surface area contributed by atoms with Crippen LogP contribution in [0.3, 0.4) is 0 Å². The van der Waals surface area contributed by atoms with E-state index in [9.17, 15) is 23.3 Å². The smallest absolute Gasteiger partial charge is 0.271 e. The van der Waals surface area contributed by atoms with Crippen LogP contribution in [0.25, 0.3) is 0 Å². The molecule has 0 unspecified atom stereocenters. The highest BCUT2D eigenvalue weighted by atomic mass is 32.2. The van der Waals surface area contributed by atoms with Gasteiger partial charge in [0.25, 0.3) is 21.6 Å². The van der Waals surface area contributed by atoms with Gasteiger partial charge in [0.15, 0.2) is 0 Å². The van der Waals surface area contributed by atoms with Gasteiger partial charge in [-0.2, -0.15) is 5.10 Å². The zero-order chi connectivity index (χ0) is 24.9. The highest BCUT2D eigenvalue weighted by Crippen LogP contribution is 2.27. The lowest BCUT2D eigenvalue weighted by molar-refractivity contribution is -0.385. The number of para-hydroxylation sites is 1. The predicted octanol–water partition coefficient (Wildman–Crippen LogP) is 3.87. The number of nitrogens with one attached hydrogen (secondary N) is 1. The van der Waals surface area contributed by atoms with Gasteiger partial charge in [-0.25, -0.2) is 13.8 Å². The number of hydrogen-bond donors (Lipinski definition) is 1. The number of benzene rings is 3. The molecule has 0 aliphatic rings. The number of sulfonamides is 1. The van der Waals surface area contributed by atoms with Crippen molar-refractivity contribution in [3.8, 4) is 0 Å². The molecule has 176 valence electrons. The maximum absolute atomic E-state index is 13.5. The van der Waals surface area contributed by atoms with Crippen molar-refractivity contribution < 1.29 is 18.1 Å². The Labute approximate surface area is 197 Å². The lowest BCUT2D eigenvalue weighted by Crippen LogP contribution is -2.40. The average Bonchev–Trinajstić information content (AvgIpc) is 2.78. The van der Waals surface area contributed by atoms with Crippen molar-refractivity contribution in [2.24, 2.45) is 5.10 Å². The first-order valence-electron chi connectivity index (χ1n) is 10.3. The summed E-state index contributed by atoms with van der Waals surface area (Å²) in [6.45, 7) is 4.97. The number of aryl methyl sites for hydroxylation is 3. The second-order valence-corrected chi connectivity index (χ2v) is 9.59. The summed E-state index contributed by atoms with van der Waals surface area (Å²) in [5, 5.41) is 14.9. The summed E-state index contributed by atoms with van der Waals surface area (Å²) in [6.07, 6.45) is 1.14. The Kier molecular flexibility index (Phi) is 7.42. The van der Waals surface area contributed by atoms with E-state index in [1.165, 1.54) is 30.3 Å². The first kappa shape index (κ1) is 24.6. The van der Waals surface area contributed by atoms with Crippen LogP contribution in [0.4, 0.5) is 11.4 Å². The van der Waals surface area contributed by atoms with Crippen molar-refractivity contribution in [2.45, 2.75) is 25.7 Å². The van der Waals surface area contributed by atoms with Crippen LogP contribution < -0.4 is 9.73 Å². The number of amides is 1. The summed E-state index contributed by atoms with van der Waals surface area (Å²) in [7, 11) is -4.07. The van der Waals surface area contributed by atoms with Crippen LogP contribution in [0, 0.1) is 30.9 Å². The van der Waals surface area contributed by atoms with E-state index in [1.807, 2.05) is 19.9 Å². The molecule has 1 N–H and O–H groups in total. The van der Waals surface area contributed by atoms with Crippen LogP contribution in [-0.2, 0) is 14.8 Å². The fourth-order valence-corrected chi connectivity index (χ4v) is 4.81. The molecule has 3 aromatic carbocycles. The van der Waals surface area contributed by atoms with Crippen molar-refractivity contribution in [1.82, 2.24) is 5.43 Å². The summed E-state index contributed by atoms with van der Waals surface area (Å²) < 4.78 is 28.0. The third kappa shape index (κ3) is 5.65. The maximum atomic E-state index is 13.5. The van der Waals surface area contributed by atoms with Crippen molar-refractivity contribution >= 4 is 33.5 Å². The Bertz CT molecular complexity index is 1350. The Morgan fingerprint density at radius 2 is 1.68 bits per heavy atom. The number of carbonyl (C=O) groups excluding carboxylic acids is 1. The lowest BCUT2D eigenvalue weighted by atomic mass is 10.1. The van der Waals surface area contributed by atoms with Gasteiger partial charge < -0.3 is 0 Å². The largest absolute Gasteiger partial charge is 0.278 e. The van der Waals surface area contributed by atoms with Crippen LogP contribution >= 0.6 is 0 Å². The number of rotatable bonds is 8. The van der Waals surface area contributed by atoms with Crippen molar-refractivity contribution in [2.75, 3.05) is 10.8 Å². The van der Waals surface area contributed by atoms with Gasteiger partial charge in [-0.1, -0.05) is 47.5 Å². The summed E-state index contributed by atoms with van der Waals surface area (Å²) in [5.74, 6) is -0.703. The molecule has 0 spiro atoms. The standard InChI is InChI=1S/C24H24N4O5S/c1-17-8-11-21(12-9-17)34(32,33)27(22-13-10-18(2)14-19(22)3)16-24(29)26-25-15-20-6-4-5-7-23(20)28(30)31/h4-15H,16H2,1-3H3,(H,26,29)/b25-15-. The monoisotopic (exact) mass is 480 g/mol. The van der Waals surface area contributed by atoms with Gasteiger partial charge in [-0.15, -0.1) is 0 Å². The van der Waals surface area contributed by atoms with Gasteiger partial charge in [0, 0.05) is 6.07 Å². The van der Waals surface area contributed by atoms with E-state index in [2.05, 4.69) is 10.5 Å². The molecule has 0 aliphatic heterocycles. The molecule has 0 saturated carbocycles. The maximum Gasteiger partial charge on any atom is 0.278 e. The molecule has 1 amide bonds. The topological polar surface area (TPSA) is 122 Å². The van der Waals surface area contributed by atoms with Gasteiger partial charge in [0.05, 0.1) is 27.3 Å². The molecule has 0 saturated heterocycles. The van der Waals surface area contributed by atoms with Gasteiger partial charge in [0.2, 0.25) is 0 Å². The normalized spacial score (nSPS) is 11.4. The van der Waals surface area contributed by atoms with Gasteiger partial charge in [0.1, 0.15) is 6.54 Å². The lowest BCUT2D eigenvalue weighted by Gasteiger charge is -2.25. The fourth-order valence-electron chi connectivity index (χ4n) is 3.32. The van der Waals surface area contributed by atoms with Crippen LogP contribution in [0.1, 0.15) is 22.3 Å². The van der Waals surface area contributed by atoms with Crippen molar-refractivity contribution in [3.63, 3.8) is 0 Å². The molecule has 34 heavy (non-hydrogen) atoms. The predicted molar refractivity (Wildman–Crippen MR) is 130 cm³/mol. The van der Waals surface area contributed by atoms with Crippen molar-refractivity contribution in [1.29, 1.82) is 0 Å². The average molecular weight is 481 g/mol.